The van der Waals surface area contributed by atoms with Crippen molar-refractivity contribution in [1.29, 1.82) is 0 Å². The molecule has 1 atom stereocenters. The van der Waals surface area contributed by atoms with Crippen LogP contribution in [0.4, 0.5) is 5.13 Å². The van der Waals surface area contributed by atoms with Crippen LogP contribution in [0.3, 0.4) is 0 Å². The van der Waals surface area contributed by atoms with Crippen LogP contribution >= 0.6 is 11.3 Å². The molecule has 0 fully saturated rings. The zero-order chi connectivity index (χ0) is 14.4. The van der Waals surface area contributed by atoms with Gasteiger partial charge in [0.2, 0.25) is 5.13 Å². The summed E-state index contributed by atoms with van der Waals surface area (Å²) >= 11 is 1.69. The maximum absolute atomic E-state index is 5.96. The Labute approximate surface area is 127 Å². The van der Waals surface area contributed by atoms with Gasteiger partial charge < -0.3 is 5.73 Å². The number of rotatable bonds is 1. The number of amidine groups is 2. The molecule has 2 aromatic rings. The van der Waals surface area contributed by atoms with Gasteiger partial charge >= 0.3 is 0 Å². The summed E-state index contributed by atoms with van der Waals surface area (Å²) in [7, 11) is 0. The van der Waals surface area contributed by atoms with Gasteiger partial charge in [-0.2, -0.15) is 4.99 Å². The fraction of sp³-hybridized carbons (Fsp3) is 0.312. The summed E-state index contributed by atoms with van der Waals surface area (Å²) in [6.07, 6.45) is 3.42. The number of hydrogen-bond acceptors (Lipinski definition) is 4. The SMILES string of the molecule is CC1CCc2nc(/N=C3\N=C(N)c4ccccc43)sc2C1. The molecule has 2 N–H and O–H groups in total. The van der Waals surface area contributed by atoms with Crippen LogP contribution in [0.15, 0.2) is 34.3 Å². The quantitative estimate of drug-likeness (QED) is 0.879. The topological polar surface area (TPSA) is 63.6 Å². The van der Waals surface area contributed by atoms with Crippen molar-refractivity contribution in [2.45, 2.75) is 26.2 Å². The molecule has 4 nitrogen and oxygen atoms in total. The van der Waals surface area contributed by atoms with Crippen molar-refractivity contribution < 1.29 is 0 Å². The van der Waals surface area contributed by atoms with Crippen LogP contribution in [0.5, 0.6) is 0 Å². The standard InChI is InChI=1S/C16H16N4S/c1-9-6-7-12-13(8-9)21-16(18-12)20-15-11-5-3-2-4-10(11)14(17)19-15/h2-5,9H,6-8H2,1H3,(H2,17,18,19,20). The predicted molar refractivity (Wildman–Crippen MR) is 86.7 cm³/mol. The van der Waals surface area contributed by atoms with Crippen LogP contribution in [-0.4, -0.2) is 16.7 Å². The average Bonchev–Trinajstić information content (AvgIpc) is 3.01. The van der Waals surface area contributed by atoms with Gasteiger partial charge in [0.1, 0.15) is 5.84 Å². The minimum atomic E-state index is 0.541. The second-order valence-electron chi connectivity index (χ2n) is 5.69. The van der Waals surface area contributed by atoms with Gasteiger partial charge in [0, 0.05) is 16.0 Å². The van der Waals surface area contributed by atoms with Crippen LogP contribution in [0.2, 0.25) is 0 Å². The molecule has 0 bridgehead atoms. The fourth-order valence-electron chi connectivity index (χ4n) is 2.89. The summed E-state index contributed by atoms with van der Waals surface area (Å²) in [6, 6.07) is 7.93. The van der Waals surface area contributed by atoms with Gasteiger partial charge in [0.15, 0.2) is 5.84 Å². The van der Waals surface area contributed by atoms with Crippen molar-refractivity contribution in [2.24, 2.45) is 21.6 Å². The molecule has 4 rings (SSSR count). The van der Waals surface area contributed by atoms with Crippen LogP contribution in [-0.2, 0) is 12.8 Å². The van der Waals surface area contributed by atoms with Crippen LogP contribution < -0.4 is 5.73 Å². The van der Waals surface area contributed by atoms with E-state index in [1.54, 1.807) is 11.3 Å². The van der Waals surface area contributed by atoms with Gasteiger partial charge in [0.05, 0.1) is 5.69 Å². The van der Waals surface area contributed by atoms with E-state index in [1.807, 2.05) is 24.3 Å². The van der Waals surface area contributed by atoms with Crippen LogP contribution in [0, 0.1) is 5.92 Å². The number of nitrogens with two attached hydrogens (primary N) is 1. The van der Waals surface area contributed by atoms with Gasteiger partial charge in [0.25, 0.3) is 0 Å². The second-order valence-corrected chi connectivity index (χ2v) is 6.75. The molecule has 1 aromatic heterocycles. The average molecular weight is 296 g/mol. The number of fused-ring (bicyclic) bond motifs is 2. The normalized spacial score (nSPS) is 22.0. The van der Waals surface area contributed by atoms with E-state index in [4.69, 9.17) is 5.73 Å². The molecule has 0 amide bonds. The summed E-state index contributed by atoms with van der Waals surface area (Å²) in [4.78, 5) is 15.1. The van der Waals surface area contributed by atoms with Crippen LogP contribution in [0.25, 0.3) is 0 Å². The number of thiazole rings is 1. The van der Waals surface area contributed by atoms with Gasteiger partial charge in [-0.15, -0.1) is 0 Å². The van der Waals surface area contributed by atoms with Crippen molar-refractivity contribution in [2.75, 3.05) is 0 Å². The molecule has 2 aliphatic rings. The molecule has 5 heteroatoms. The lowest BCUT2D eigenvalue weighted by atomic mass is 9.93. The minimum Gasteiger partial charge on any atom is -0.383 e. The van der Waals surface area contributed by atoms with Gasteiger partial charge in [-0.05, 0) is 25.2 Å². The first kappa shape index (κ1) is 12.7. The Hall–Kier alpha value is -2.01. The zero-order valence-electron chi connectivity index (χ0n) is 11.8. The fourth-order valence-corrected chi connectivity index (χ4v) is 4.03. The minimum absolute atomic E-state index is 0.541. The highest BCUT2D eigenvalue weighted by molar-refractivity contribution is 7.15. The number of benzene rings is 1. The highest BCUT2D eigenvalue weighted by Gasteiger charge is 2.22. The Morgan fingerprint density at radius 3 is 2.95 bits per heavy atom. The maximum Gasteiger partial charge on any atom is 0.211 e. The van der Waals surface area contributed by atoms with Crippen molar-refractivity contribution in [3.63, 3.8) is 0 Å². The van der Waals surface area contributed by atoms with Crippen molar-refractivity contribution >= 4 is 28.1 Å². The third-order valence-corrected chi connectivity index (χ3v) is 5.06. The molecule has 1 aliphatic carbocycles. The lowest BCUT2D eigenvalue weighted by Crippen LogP contribution is -2.09. The van der Waals surface area contributed by atoms with Gasteiger partial charge in [-0.25, -0.2) is 9.98 Å². The van der Waals surface area contributed by atoms with E-state index < -0.39 is 0 Å². The predicted octanol–water partition coefficient (Wildman–Crippen LogP) is 3.07. The second kappa shape index (κ2) is 4.77. The molecular weight excluding hydrogens is 280 g/mol. The van der Waals surface area contributed by atoms with E-state index in [9.17, 15) is 0 Å². The molecule has 2 heterocycles. The molecule has 1 unspecified atom stereocenters. The first-order chi connectivity index (χ1) is 10.2. The third-order valence-electron chi connectivity index (χ3n) is 4.05. The lowest BCUT2D eigenvalue weighted by molar-refractivity contribution is 0.502. The molecular formula is C16H16N4S. The lowest BCUT2D eigenvalue weighted by Gasteiger charge is -2.15. The number of aliphatic imine (C=N–C) groups is 2. The zero-order valence-corrected chi connectivity index (χ0v) is 12.7. The molecule has 1 aliphatic heterocycles. The maximum atomic E-state index is 5.96. The Morgan fingerprint density at radius 2 is 2.10 bits per heavy atom. The van der Waals surface area contributed by atoms with E-state index in [0.717, 1.165) is 35.0 Å². The third kappa shape index (κ3) is 2.17. The van der Waals surface area contributed by atoms with Gasteiger partial charge in [-0.3, -0.25) is 0 Å². The first-order valence-corrected chi connectivity index (χ1v) is 8.03. The van der Waals surface area contributed by atoms with Crippen molar-refractivity contribution in [1.82, 2.24) is 4.98 Å². The Balaban J connectivity index is 1.73. The Morgan fingerprint density at radius 1 is 1.29 bits per heavy atom. The van der Waals surface area contributed by atoms with Crippen LogP contribution in [0.1, 0.15) is 35.0 Å². The molecule has 0 radical (unpaired) electrons. The summed E-state index contributed by atoms with van der Waals surface area (Å²) in [5, 5.41) is 0.803. The molecule has 1 aromatic carbocycles. The molecule has 106 valence electrons. The molecule has 0 saturated heterocycles. The van der Waals surface area contributed by atoms with Gasteiger partial charge in [-0.1, -0.05) is 42.5 Å². The highest BCUT2D eigenvalue weighted by atomic mass is 32.1. The van der Waals surface area contributed by atoms with E-state index in [0.29, 0.717) is 11.7 Å². The number of aryl methyl sites for hydroxylation is 1. The Kier molecular flexibility index (Phi) is 2.89. The Bertz CT molecular complexity index is 772. The summed E-state index contributed by atoms with van der Waals surface area (Å²) in [6.45, 7) is 2.30. The molecule has 0 spiro atoms. The number of aromatic nitrogens is 1. The van der Waals surface area contributed by atoms with E-state index in [2.05, 4.69) is 21.9 Å². The summed E-state index contributed by atoms with van der Waals surface area (Å²) in [5.74, 6) is 1.97. The number of hydrogen-bond donors (Lipinski definition) is 1. The van der Waals surface area contributed by atoms with E-state index in [1.165, 1.54) is 17.0 Å². The van der Waals surface area contributed by atoms with Crippen molar-refractivity contribution in [3.8, 4) is 0 Å². The monoisotopic (exact) mass is 296 g/mol. The molecule has 21 heavy (non-hydrogen) atoms. The largest absolute Gasteiger partial charge is 0.383 e. The molecule has 0 saturated carbocycles. The van der Waals surface area contributed by atoms with E-state index in [-0.39, 0.29) is 0 Å². The summed E-state index contributed by atoms with van der Waals surface area (Å²) in [5.41, 5.74) is 9.14. The summed E-state index contributed by atoms with van der Waals surface area (Å²) < 4.78 is 0. The van der Waals surface area contributed by atoms with Crippen molar-refractivity contribution in [3.05, 3.63) is 46.0 Å². The smallest absolute Gasteiger partial charge is 0.211 e. The first-order valence-electron chi connectivity index (χ1n) is 7.22. The van der Waals surface area contributed by atoms with E-state index >= 15 is 0 Å². The highest BCUT2D eigenvalue weighted by Crippen LogP contribution is 2.34. The number of nitrogens with zero attached hydrogens (tertiary/aromatic N) is 3.